The smallest absolute Gasteiger partial charge is 0.253 e. The number of ether oxygens (including phenoxy) is 1. The molecule has 1 heterocycles. The van der Waals surface area contributed by atoms with Gasteiger partial charge in [0.1, 0.15) is 0 Å². The van der Waals surface area contributed by atoms with Crippen molar-refractivity contribution in [3.8, 4) is 0 Å². The number of nitrogens with zero attached hydrogens (tertiary/aromatic N) is 2. The van der Waals surface area contributed by atoms with Crippen LogP contribution in [0.4, 0.5) is 0 Å². The summed E-state index contributed by atoms with van der Waals surface area (Å²) in [6.45, 7) is 7.91. The topological polar surface area (TPSA) is 49.9 Å². The molecule has 0 radical (unpaired) electrons. The summed E-state index contributed by atoms with van der Waals surface area (Å²) in [6.07, 6.45) is 2.11. The zero-order valence-corrected chi connectivity index (χ0v) is 14.8. The molecule has 2 amide bonds. The van der Waals surface area contributed by atoms with E-state index < -0.39 is 0 Å². The summed E-state index contributed by atoms with van der Waals surface area (Å²) in [5.74, 6) is 0.226. The van der Waals surface area contributed by atoms with E-state index in [1.54, 1.807) is 0 Å². The lowest BCUT2D eigenvalue weighted by atomic mass is 10.1. The number of amides is 2. The van der Waals surface area contributed by atoms with E-state index in [4.69, 9.17) is 4.74 Å². The number of carbonyl (C=O) groups is 2. The van der Waals surface area contributed by atoms with Gasteiger partial charge in [0.15, 0.2) is 0 Å². The zero-order chi connectivity index (χ0) is 17.4. The van der Waals surface area contributed by atoms with E-state index in [2.05, 4.69) is 0 Å². The maximum Gasteiger partial charge on any atom is 0.253 e. The van der Waals surface area contributed by atoms with Gasteiger partial charge >= 0.3 is 0 Å². The first-order chi connectivity index (χ1) is 11.6. The average molecular weight is 332 g/mol. The molecular formula is C19H28N2O3. The molecule has 0 bridgehead atoms. The van der Waals surface area contributed by atoms with Gasteiger partial charge in [0, 0.05) is 51.4 Å². The zero-order valence-electron chi connectivity index (χ0n) is 14.8. The van der Waals surface area contributed by atoms with Gasteiger partial charge in [-0.25, -0.2) is 0 Å². The normalized spacial score (nSPS) is 15.2. The van der Waals surface area contributed by atoms with E-state index in [0.717, 1.165) is 30.5 Å². The third-order valence-corrected chi connectivity index (χ3v) is 4.28. The second-order valence-corrected chi connectivity index (χ2v) is 6.20. The number of aryl methyl sites for hydroxylation is 1. The molecule has 1 fully saturated rings. The van der Waals surface area contributed by atoms with Gasteiger partial charge < -0.3 is 14.5 Å². The summed E-state index contributed by atoms with van der Waals surface area (Å²) < 4.78 is 5.28. The van der Waals surface area contributed by atoms with E-state index in [1.165, 1.54) is 0 Å². The van der Waals surface area contributed by atoms with Gasteiger partial charge in [0.25, 0.3) is 5.91 Å². The molecule has 0 unspecified atom stereocenters. The molecule has 2 rings (SSSR count). The second-order valence-electron chi connectivity index (χ2n) is 6.20. The van der Waals surface area contributed by atoms with E-state index in [-0.39, 0.29) is 11.8 Å². The van der Waals surface area contributed by atoms with Gasteiger partial charge in [0.05, 0.1) is 0 Å². The molecule has 1 aromatic carbocycles. The van der Waals surface area contributed by atoms with Crippen LogP contribution < -0.4 is 0 Å². The molecule has 0 aromatic heterocycles. The van der Waals surface area contributed by atoms with E-state index in [9.17, 15) is 9.59 Å². The van der Waals surface area contributed by atoms with Crippen molar-refractivity contribution in [2.75, 3.05) is 39.4 Å². The SMILES string of the molecule is CCOCCCC(=O)N1CCCN(C(=O)c2cccc(C)c2)CC1. The predicted octanol–water partition coefficient (Wildman–Crippen LogP) is 2.49. The Balaban J connectivity index is 1.85. The van der Waals surface area contributed by atoms with Crippen LogP contribution in [-0.2, 0) is 9.53 Å². The van der Waals surface area contributed by atoms with Crippen molar-refractivity contribution >= 4 is 11.8 Å². The van der Waals surface area contributed by atoms with Gasteiger partial charge in [-0.3, -0.25) is 9.59 Å². The van der Waals surface area contributed by atoms with Crippen molar-refractivity contribution in [3.63, 3.8) is 0 Å². The summed E-state index contributed by atoms with van der Waals surface area (Å²) in [4.78, 5) is 28.7. The molecule has 0 saturated carbocycles. The van der Waals surface area contributed by atoms with Crippen LogP contribution in [-0.4, -0.2) is 61.0 Å². The van der Waals surface area contributed by atoms with Gasteiger partial charge in [-0.15, -0.1) is 0 Å². The van der Waals surface area contributed by atoms with Gasteiger partial charge in [-0.1, -0.05) is 17.7 Å². The Morgan fingerprint density at radius 3 is 2.62 bits per heavy atom. The minimum Gasteiger partial charge on any atom is -0.382 e. The fourth-order valence-electron chi connectivity index (χ4n) is 2.96. The van der Waals surface area contributed by atoms with E-state index >= 15 is 0 Å². The van der Waals surface area contributed by atoms with Crippen LogP contribution in [0.2, 0.25) is 0 Å². The Morgan fingerprint density at radius 2 is 1.88 bits per heavy atom. The number of hydrogen-bond donors (Lipinski definition) is 0. The van der Waals surface area contributed by atoms with Crippen LogP contribution in [0.1, 0.15) is 42.1 Å². The van der Waals surface area contributed by atoms with Crippen molar-refractivity contribution in [2.24, 2.45) is 0 Å². The highest BCUT2D eigenvalue weighted by Gasteiger charge is 2.22. The lowest BCUT2D eigenvalue weighted by Gasteiger charge is -2.22. The minimum absolute atomic E-state index is 0.0596. The summed E-state index contributed by atoms with van der Waals surface area (Å²) in [5, 5.41) is 0. The molecule has 24 heavy (non-hydrogen) atoms. The highest BCUT2D eigenvalue weighted by Crippen LogP contribution is 2.12. The lowest BCUT2D eigenvalue weighted by molar-refractivity contribution is -0.131. The molecule has 5 nitrogen and oxygen atoms in total. The summed E-state index contributed by atoms with van der Waals surface area (Å²) in [7, 11) is 0. The third kappa shape index (κ3) is 5.34. The Morgan fingerprint density at radius 1 is 1.12 bits per heavy atom. The van der Waals surface area contributed by atoms with Crippen LogP contribution in [0, 0.1) is 6.92 Å². The first kappa shape index (κ1) is 18.5. The number of carbonyl (C=O) groups excluding carboxylic acids is 2. The van der Waals surface area contributed by atoms with Crippen LogP contribution in [0.3, 0.4) is 0 Å². The maximum atomic E-state index is 12.6. The molecule has 0 aliphatic carbocycles. The molecule has 1 saturated heterocycles. The van der Waals surface area contributed by atoms with Crippen LogP contribution in [0.5, 0.6) is 0 Å². The van der Waals surface area contributed by atoms with Crippen LogP contribution in [0.25, 0.3) is 0 Å². The molecular weight excluding hydrogens is 304 g/mol. The maximum absolute atomic E-state index is 12.6. The van der Waals surface area contributed by atoms with Crippen molar-refractivity contribution in [2.45, 2.75) is 33.1 Å². The third-order valence-electron chi connectivity index (χ3n) is 4.28. The highest BCUT2D eigenvalue weighted by atomic mass is 16.5. The van der Waals surface area contributed by atoms with Crippen molar-refractivity contribution in [1.82, 2.24) is 9.80 Å². The predicted molar refractivity (Wildman–Crippen MR) is 94.0 cm³/mol. The van der Waals surface area contributed by atoms with E-state index in [1.807, 2.05) is 47.9 Å². The molecule has 1 aliphatic rings. The second kappa shape index (κ2) is 9.42. The Labute approximate surface area is 144 Å². The Hall–Kier alpha value is -1.88. The quantitative estimate of drug-likeness (QED) is 0.752. The monoisotopic (exact) mass is 332 g/mol. The van der Waals surface area contributed by atoms with Gasteiger partial charge in [-0.2, -0.15) is 0 Å². The molecule has 0 atom stereocenters. The van der Waals surface area contributed by atoms with Gasteiger partial charge in [0.2, 0.25) is 5.91 Å². The fourth-order valence-corrected chi connectivity index (χ4v) is 2.96. The molecule has 1 aliphatic heterocycles. The molecule has 1 aromatic rings. The number of rotatable bonds is 6. The number of benzene rings is 1. The van der Waals surface area contributed by atoms with Crippen molar-refractivity contribution in [3.05, 3.63) is 35.4 Å². The summed E-state index contributed by atoms with van der Waals surface area (Å²) in [5.41, 5.74) is 1.81. The minimum atomic E-state index is 0.0596. The molecule has 5 heteroatoms. The number of hydrogen-bond acceptors (Lipinski definition) is 3. The highest BCUT2D eigenvalue weighted by molar-refractivity contribution is 5.94. The Bertz CT molecular complexity index is 559. The summed E-state index contributed by atoms with van der Waals surface area (Å²) in [6, 6.07) is 7.68. The first-order valence-corrected chi connectivity index (χ1v) is 8.83. The van der Waals surface area contributed by atoms with Crippen LogP contribution >= 0.6 is 0 Å². The largest absolute Gasteiger partial charge is 0.382 e. The molecule has 132 valence electrons. The van der Waals surface area contributed by atoms with Crippen molar-refractivity contribution in [1.29, 1.82) is 0 Å². The lowest BCUT2D eigenvalue weighted by Crippen LogP contribution is -2.37. The standard InChI is InChI=1S/C19H28N2O3/c1-3-24-14-5-9-18(22)20-10-6-11-21(13-12-20)19(23)17-8-4-7-16(2)15-17/h4,7-8,15H,3,5-6,9-14H2,1-2H3. The fraction of sp³-hybridized carbons (Fsp3) is 0.579. The van der Waals surface area contributed by atoms with Gasteiger partial charge in [-0.05, 0) is 38.8 Å². The van der Waals surface area contributed by atoms with E-state index in [0.29, 0.717) is 39.3 Å². The van der Waals surface area contributed by atoms with Crippen molar-refractivity contribution < 1.29 is 14.3 Å². The first-order valence-electron chi connectivity index (χ1n) is 8.83. The summed E-state index contributed by atoms with van der Waals surface area (Å²) >= 11 is 0. The molecule has 0 spiro atoms. The van der Waals surface area contributed by atoms with Crippen LogP contribution in [0.15, 0.2) is 24.3 Å². The average Bonchev–Trinajstić information content (AvgIpc) is 2.84. The Kier molecular flexibility index (Phi) is 7.25. The molecule has 0 N–H and O–H groups in total.